The average Bonchev–Trinajstić information content (AvgIpc) is 2.52. The second kappa shape index (κ2) is 10.3. The zero-order valence-corrected chi connectivity index (χ0v) is 16.0. The van der Waals surface area contributed by atoms with E-state index in [2.05, 4.69) is 22.2 Å². The van der Waals surface area contributed by atoms with E-state index in [1.54, 1.807) is 0 Å². The topological polar surface area (TPSA) is 81.2 Å². The monoisotopic (exact) mass is 353 g/mol. The summed E-state index contributed by atoms with van der Waals surface area (Å²) < 4.78 is 5.03. The maximum absolute atomic E-state index is 11.8. The summed E-state index contributed by atoms with van der Waals surface area (Å²) in [5.74, 6) is -0.648. The van der Waals surface area contributed by atoms with Gasteiger partial charge in [0.05, 0.1) is 0 Å². The van der Waals surface area contributed by atoms with Crippen molar-refractivity contribution in [1.29, 1.82) is 0 Å². The highest BCUT2D eigenvalue weighted by Gasteiger charge is 2.13. The number of carbonyl (C=O) groups is 2. The van der Waals surface area contributed by atoms with Gasteiger partial charge in [0, 0.05) is 23.9 Å². The molecule has 6 nitrogen and oxygen atoms in total. The summed E-state index contributed by atoms with van der Waals surface area (Å²) in [6.45, 7) is 7.59. The molecule has 1 amide bonds. The Bertz CT molecular complexity index is 555. The van der Waals surface area contributed by atoms with E-state index in [0.717, 1.165) is 34.9 Å². The Kier molecular flexibility index (Phi) is 8.74. The van der Waals surface area contributed by atoms with Crippen LogP contribution in [0, 0.1) is 13.8 Å². The Hall–Kier alpha value is -1.63. The second-order valence-corrected chi connectivity index (χ2v) is 6.55. The van der Waals surface area contributed by atoms with Gasteiger partial charge in [-0.3, -0.25) is 9.59 Å². The number of thioether (sulfide) groups is 1. The molecule has 0 saturated carbocycles. The van der Waals surface area contributed by atoms with Crippen LogP contribution in [-0.2, 0) is 20.7 Å². The Morgan fingerprint density at radius 3 is 2.42 bits per heavy atom. The summed E-state index contributed by atoms with van der Waals surface area (Å²) in [4.78, 5) is 32.3. The highest BCUT2D eigenvalue weighted by atomic mass is 32.2. The highest BCUT2D eigenvalue weighted by Crippen LogP contribution is 2.17. The van der Waals surface area contributed by atoms with Gasteiger partial charge >= 0.3 is 5.97 Å². The third-order valence-corrected chi connectivity index (χ3v) is 4.20. The first-order valence-corrected chi connectivity index (χ1v) is 9.42. The minimum absolute atomic E-state index is 0.0959. The first kappa shape index (κ1) is 20.4. The van der Waals surface area contributed by atoms with Crippen LogP contribution in [0.2, 0.25) is 0 Å². The number of aromatic nitrogens is 2. The Labute approximate surface area is 148 Å². The van der Waals surface area contributed by atoms with E-state index in [1.165, 1.54) is 11.8 Å². The fourth-order valence-corrected chi connectivity index (χ4v) is 2.89. The van der Waals surface area contributed by atoms with Crippen LogP contribution >= 0.6 is 11.8 Å². The molecule has 1 heterocycles. The Morgan fingerprint density at radius 1 is 1.25 bits per heavy atom. The van der Waals surface area contributed by atoms with Gasteiger partial charge in [0.15, 0.2) is 11.8 Å². The summed E-state index contributed by atoms with van der Waals surface area (Å²) in [6, 6.07) is 0.0959. The van der Waals surface area contributed by atoms with E-state index in [4.69, 9.17) is 4.74 Å². The molecule has 0 aliphatic heterocycles. The fourth-order valence-electron chi connectivity index (χ4n) is 2.43. The molecule has 1 N–H and O–H groups in total. The predicted molar refractivity (Wildman–Crippen MR) is 95.1 cm³/mol. The summed E-state index contributed by atoms with van der Waals surface area (Å²) in [5.41, 5.74) is 2.72. The van der Waals surface area contributed by atoms with Crippen molar-refractivity contribution in [3.8, 4) is 0 Å². The third-order valence-electron chi connectivity index (χ3n) is 3.66. The van der Waals surface area contributed by atoms with Crippen LogP contribution in [0.15, 0.2) is 5.16 Å². The Morgan fingerprint density at radius 2 is 1.88 bits per heavy atom. The van der Waals surface area contributed by atoms with Crippen LogP contribution in [-0.4, -0.2) is 40.7 Å². The van der Waals surface area contributed by atoms with Gasteiger partial charge in [-0.25, -0.2) is 9.97 Å². The zero-order chi connectivity index (χ0) is 18.1. The van der Waals surface area contributed by atoms with Gasteiger partial charge in [-0.1, -0.05) is 25.1 Å². The van der Waals surface area contributed by atoms with E-state index in [9.17, 15) is 9.59 Å². The van der Waals surface area contributed by atoms with Crippen molar-refractivity contribution >= 4 is 23.6 Å². The van der Waals surface area contributed by atoms with Gasteiger partial charge in [-0.15, -0.1) is 0 Å². The molecule has 0 aliphatic carbocycles. The molecule has 0 saturated heterocycles. The van der Waals surface area contributed by atoms with Gasteiger partial charge in [0.25, 0.3) is 5.91 Å². The molecule has 0 radical (unpaired) electrons. The molecule has 1 aromatic rings. The van der Waals surface area contributed by atoms with Crippen LogP contribution in [0.25, 0.3) is 0 Å². The number of ether oxygens (including phenoxy) is 1. The highest BCUT2D eigenvalue weighted by molar-refractivity contribution is 7.98. The van der Waals surface area contributed by atoms with Crippen molar-refractivity contribution in [2.24, 2.45) is 0 Å². The molecule has 0 unspecified atom stereocenters. The molecule has 24 heavy (non-hydrogen) atoms. The summed E-state index contributed by atoms with van der Waals surface area (Å²) in [6.07, 6.45) is 4.56. The number of amides is 1. The molecule has 0 fully saturated rings. The van der Waals surface area contributed by atoms with Crippen LogP contribution < -0.4 is 5.32 Å². The molecular weight excluding hydrogens is 326 g/mol. The summed E-state index contributed by atoms with van der Waals surface area (Å²) in [7, 11) is 0. The maximum Gasteiger partial charge on any atom is 0.306 e. The van der Waals surface area contributed by atoms with E-state index in [0.29, 0.717) is 6.42 Å². The quantitative estimate of drug-likeness (QED) is 0.417. The molecule has 0 spiro atoms. The number of nitrogens with one attached hydrogen (secondary N) is 1. The van der Waals surface area contributed by atoms with Gasteiger partial charge in [-0.2, -0.15) is 0 Å². The number of aryl methyl sites for hydroxylation is 2. The molecule has 134 valence electrons. The van der Waals surface area contributed by atoms with Crippen molar-refractivity contribution in [2.45, 2.75) is 64.6 Å². The van der Waals surface area contributed by atoms with Crippen molar-refractivity contribution in [1.82, 2.24) is 15.3 Å². The van der Waals surface area contributed by atoms with E-state index in [-0.39, 0.29) is 30.9 Å². The SMILES string of the molecule is CCC[C@@H](C)NC(=O)COC(=O)CCc1c(C)nc(SC)nc1C. The van der Waals surface area contributed by atoms with Gasteiger partial charge in [0.1, 0.15) is 0 Å². The number of rotatable bonds is 9. The number of esters is 1. The lowest BCUT2D eigenvalue weighted by Gasteiger charge is -2.13. The predicted octanol–water partition coefficient (Wildman–Crippen LogP) is 2.60. The van der Waals surface area contributed by atoms with E-state index in [1.807, 2.05) is 27.0 Å². The minimum atomic E-state index is -0.388. The van der Waals surface area contributed by atoms with Gasteiger partial charge in [-0.05, 0) is 45.4 Å². The number of hydrogen-bond donors (Lipinski definition) is 1. The lowest BCUT2D eigenvalue weighted by Crippen LogP contribution is -2.35. The van der Waals surface area contributed by atoms with E-state index < -0.39 is 0 Å². The lowest BCUT2D eigenvalue weighted by atomic mass is 10.1. The molecular formula is C17H27N3O3S. The number of carbonyl (C=O) groups excluding carboxylic acids is 2. The van der Waals surface area contributed by atoms with Crippen LogP contribution in [0.3, 0.4) is 0 Å². The van der Waals surface area contributed by atoms with Crippen LogP contribution in [0.1, 0.15) is 50.1 Å². The normalized spacial score (nSPS) is 11.9. The summed E-state index contributed by atoms with van der Waals surface area (Å²) in [5, 5.41) is 3.53. The molecule has 1 rings (SSSR count). The molecule has 1 atom stereocenters. The minimum Gasteiger partial charge on any atom is -0.456 e. The number of nitrogens with zero attached hydrogens (tertiary/aromatic N) is 2. The van der Waals surface area contributed by atoms with Crippen molar-refractivity contribution in [2.75, 3.05) is 12.9 Å². The molecule has 7 heteroatoms. The average molecular weight is 353 g/mol. The van der Waals surface area contributed by atoms with E-state index >= 15 is 0 Å². The number of hydrogen-bond acceptors (Lipinski definition) is 6. The first-order valence-electron chi connectivity index (χ1n) is 8.20. The standard InChI is InChI=1S/C17H27N3O3S/c1-6-7-11(2)18-15(21)10-23-16(22)9-8-14-12(3)19-17(24-5)20-13(14)4/h11H,6-10H2,1-5H3,(H,18,21)/t11-/m1/s1. The van der Waals surface area contributed by atoms with Crippen molar-refractivity contribution in [3.05, 3.63) is 17.0 Å². The lowest BCUT2D eigenvalue weighted by molar-refractivity contribution is -0.148. The molecule has 0 aliphatic rings. The van der Waals surface area contributed by atoms with Gasteiger partial charge < -0.3 is 10.1 Å². The Balaban J connectivity index is 2.43. The van der Waals surface area contributed by atoms with Crippen LogP contribution in [0.4, 0.5) is 0 Å². The van der Waals surface area contributed by atoms with Crippen molar-refractivity contribution < 1.29 is 14.3 Å². The maximum atomic E-state index is 11.8. The second-order valence-electron chi connectivity index (χ2n) is 5.78. The zero-order valence-electron chi connectivity index (χ0n) is 15.1. The van der Waals surface area contributed by atoms with Crippen molar-refractivity contribution in [3.63, 3.8) is 0 Å². The van der Waals surface area contributed by atoms with Gasteiger partial charge in [0.2, 0.25) is 0 Å². The molecule has 0 aromatic carbocycles. The molecule has 1 aromatic heterocycles. The van der Waals surface area contributed by atoms with Crippen LogP contribution in [0.5, 0.6) is 0 Å². The largest absolute Gasteiger partial charge is 0.456 e. The molecule has 0 bridgehead atoms. The third kappa shape index (κ3) is 6.86. The fraction of sp³-hybridized carbons (Fsp3) is 0.647. The first-order chi connectivity index (χ1) is 11.4. The smallest absolute Gasteiger partial charge is 0.306 e. The summed E-state index contributed by atoms with van der Waals surface area (Å²) >= 11 is 1.49.